The van der Waals surface area contributed by atoms with Crippen molar-refractivity contribution in [2.45, 2.75) is 150 Å². The number of rotatable bonds is 27. The summed E-state index contributed by atoms with van der Waals surface area (Å²) in [5.41, 5.74) is 2.37. The van der Waals surface area contributed by atoms with Gasteiger partial charge in [-0.05, 0) is 116 Å². The number of ether oxygens (including phenoxy) is 5. The minimum Gasteiger partial charge on any atom is -0.446 e. The molecular formula is C45H84NO9PS. The van der Waals surface area contributed by atoms with E-state index < -0.39 is 6.80 Å². The largest absolute Gasteiger partial charge is 0.446 e. The van der Waals surface area contributed by atoms with Crippen LogP contribution in [0.15, 0.2) is 11.6 Å². The third-order valence-electron chi connectivity index (χ3n) is 13.6. The molecule has 8 unspecified atom stereocenters. The Morgan fingerprint density at radius 2 is 1.49 bits per heavy atom. The highest BCUT2D eigenvalue weighted by molar-refractivity contribution is 8.54. The topological polar surface area (TPSA) is 111 Å². The average Bonchev–Trinajstić information content (AvgIpc) is 3.54. The molecule has 0 aromatic heterocycles. The molecule has 0 radical (unpaired) electrons. The predicted octanol–water partition coefficient (Wildman–Crippen LogP) is 11.7. The second kappa shape index (κ2) is 27.3. The SMILES string of the molecule is CCCC.COP(=O)(OCCOCCOCCOCCOCCCNC(=O)OC1CCC2(C)C(=CCC3C2CCC2(C)C(CCCCCC(C)C)CCC32)C1)SC. The van der Waals surface area contributed by atoms with Gasteiger partial charge in [-0.15, -0.1) is 0 Å². The standard InChI is InChI=1S/C41H74NO9PS.C4H10/c1-32(2)11-8-7-9-12-33-14-16-37-36-15-13-34-31-35(17-19-41(34,4)38(36)18-20-40(33,37)3)51-39(43)42-21-10-22-46-23-24-47-25-26-48-27-28-49-29-30-50-52(44,45-5)53-6;1-3-4-2/h13,32-33,35-38H,7-12,14-31H2,1-6H3,(H,42,43);3-4H2,1-2H3. The quantitative estimate of drug-likeness (QED) is 0.0487. The fraction of sp³-hybridized carbons (Fsp3) is 0.933. The molecule has 57 heavy (non-hydrogen) atoms. The van der Waals surface area contributed by atoms with E-state index in [1.165, 1.54) is 84.2 Å². The van der Waals surface area contributed by atoms with Gasteiger partial charge in [0.15, 0.2) is 0 Å². The second-order valence-electron chi connectivity index (χ2n) is 17.8. The van der Waals surface area contributed by atoms with Crippen LogP contribution in [0.25, 0.3) is 0 Å². The summed E-state index contributed by atoms with van der Waals surface area (Å²) >= 11 is 1.06. The van der Waals surface area contributed by atoms with Gasteiger partial charge in [-0.1, -0.05) is 91.7 Å². The summed E-state index contributed by atoms with van der Waals surface area (Å²) in [4.78, 5) is 12.7. The number of hydrogen-bond donors (Lipinski definition) is 1. The minimum atomic E-state index is -3.04. The van der Waals surface area contributed by atoms with Crippen LogP contribution in [-0.2, 0) is 37.3 Å². The van der Waals surface area contributed by atoms with Gasteiger partial charge in [0.25, 0.3) is 0 Å². The van der Waals surface area contributed by atoms with E-state index >= 15 is 0 Å². The molecule has 8 atom stereocenters. The van der Waals surface area contributed by atoms with Crippen LogP contribution in [0.2, 0.25) is 0 Å². The Kier molecular flexibility index (Phi) is 24.3. The van der Waals surface area contributed by atoms with Crippen molar-refractivity contribution in [3.63, 3.8) is 0 Å². The predicted molar refractivity (Wildman–Crippen MR) is 234 cm³/mol. The monoisotopic (exact) mass is 846 g/mol. The van der Waals surface area contributed by atoms with Gasteiger partial charge in [0.05, 0.1) is 52.9 Å². The zero-order chi connectivity index (χ0) is 41.6. The zero-order valence-electron chi connectivity index (χ0n) is 37.5. The van der Waals surface area contributed by atoms with Crippen molar-refractivity contribution < 1.29 is 42.1 Å². The number of allylic oxidation sites excluding steroid dienone is 1. The molecule has 4 aliphatic rings. The molecule has 3 fully saturated rings. The molecule has 1 N–H and O–H groups in total. The van der Waals surface area contributed by atoms with Crippen LogP contribution in [-0.4, -0.2) is 91.6 Å². The fourth-order valence-corrected chi connectivity index (χ4v) is 11.8. The van der Waals surface area contributed by atoms with Gasteiger partial charge in [0.1, 0.15) is 6.10 Å². The van der Waals surface area contributed by atoms with E-state index in [2.05, 4.69) is 52.9 Å². The maximum absolute atomic E-state index is 12.7. The van der Waals surface area contributed by atoms with Crippen LogP contribution in [0.5, 0.6) is 0 Å². The molecule has 12 heteroatoms. The summed E-state index contributed by atoms with van der Waals surface area (Å²) in [5.74, 6) is 4.25. The molecule has 0 bridgehead atoms. The smallest absolute Gasteiger partial charge is 0.407 e. The highest BCUT2D eigenvalue weighted by Gasteiger charge is 2.58. The summed E-state index contributed by atoms with van der Waals surface area (Å²) < 4.78 is 50.0. The Morgan fingerprint density at radius 1 is 0.842 bits per heavy atom. The Balaban J connectivity index is 0.00000207. The van der Waals surface area contributed by atoms with Crippen molar-refractivity contribution in [3.8, 4) is 0 Å². The Labute approximate surface area is 352 Å². The molecule has 4 aliphatic carbocycles. The number of alkyl carbamates (subject to hydrolysis) is 1. The van der Waals surface area contributed by atoms with Crippen LogP contribution in [0.4, 0.5) is 4.79 Å². The number of hydrogen-bond acceptors (Lipinski definition) is 10. The van der Waals surface area contributed by atoms with Crippen LogP contribution in [0, 0.1) is 40.4 Å². The van der Waals surface area contributed by atoms with E-state index in [-0.39, 0.29) is 24.2 Å². The zero-order valence-corrected chi connectivity index (χ0v) is 39.2. The number of fused-ring (bicyclic) bond motifs is 5. The highest BCUT2D eigenvalue weighted by Crippen LogP contribution is 2.67. The van der Waals surface area contributed by atoms with E-state index in [1.54, 1.807) is 11.8 Å². The first kappa shape index (κ1) is 50.7. The maximum atomic E-state index is 12.7. The van der Waals surface area contributed by atoms with Crippen molar-refractivity contribution in [3.05, 3.63) is 11.6 Å². The first-order chi connectivity index (χ1) is 27.5. The third-order valence-corrected chi connectivity index (χ3v) is 17.1. The van der Waals surface area contributed by atoms with Crippen LogP contribution in [0.3, 0.4) is 0 Å². The summed E-state index contributed by atoms with van der Waals surface area (Å²) in [6.45, 7) is 15.6. The molecule has 0 heterocycles. The Bertz CT molecular complexity index is 1180. The number of unbranched alkanes of at least 4 members (excludes halogenated alkanes) is 3. The summed E-state index contributed by atoms with van der Waals surface area (Å²) in [6, 6.07) is 0. The van der Waals surface area contributed by atoms with Gasteiger partial charge in [0.2, 0.25) is 0 Å². The van der Waals surface area contributed by atoms with E-state index in [0.717, 1.165) is 66.7 Å². The molecule has 4 rings (SSSR count). The lowest BCUT2D eigenvalue weighted by atomic mass is 9.47. The highest BCUT2D eigenvalue weighted by atomic mass is 32.7. The lowest BCUT2D eigenvalue weighted by molar-refractivity contribution is -0.0519. The Morgan fingerprint density at radius 3 is 2.11 bits per heavy atom. The van der Waals surface area contributed by atoms with E-state index in [4.69, 9.17) is 32.7 Å². The number of carbonyl (C=O) groups excluding carboxylic acids is 1. The van der Waals surface area contributed by atoms with E-state index in [1.807, 2.05) is 0 Å². The molecule has 0 aliphatic heterocycles. The summed E-state index contributed by atoms with van der Waals surface area (Å²) in [5, 5.41) is 2.93. The molecule has 1 amide bonds. The molecule has 0 aromatic rings. The maximum Gasteiger partial charge on any atom is 0.407 e. The third kappa shape index (κ3) is 16.6. The van der Waals surface area contributed by atoms with Gasteiger partial charge in [-0.25, -0.2) is 9.36 Å². The van der Waals surface area contributed by atoms with Crippen LogP contribution in [0.1, 0.15) is 144 Å². The molecule has 0 saturated heterocycles. The first-order valence-corrected chi connectivity index (χ1v) is 26.1. The summed E-state index contributed by atoms with van der Waals surface area (Å²) in [6.07, 6.45) is 24.2. The lowest BCUT2D eigenvalue weighted by Gasteiger charge is -2.58. The summed E-state index contributed by atoms with van der Waals surface area (Å²) in [7, 11) is 1.37. The molecule has 334 valence electrons. The van der Waals surface area contributed by atoms with Gasteiger partial charge in [0, 0.05) is 26.7 Å². The van der Waals surface area contributed by atoms with Crippen molar-refractivity contribution in [2.75, 3.05) is 79.4 Å². The second-order valence-corrected chi connectivity index (χ2v) is 22.1. The minimum absolute atomic E-state index is 0.0292. The van der Waals surface area contributed by atoms with Gasteiger partial charge in [-0.3, -0.25) is 4.52 Å². The number of amides is 1. The fourth-order valence-electron chi connectivity index (χ4n) is 10.1. The molecule has 0 spiro atoms. The molecule has 10 nitrogen and oxygen atoms in total. The van der Waals surface area contributed by atoms with Crippen molar-refractivity contribution in [2.24, 2.45) is 40.4 Å². The van der Waals surface area contributed by atoms with Gasteiger partial charge >= 0.3 is 12.9 Å². The van der Waals surface area contributed by atoms with Crippen LogP contribution >= 0.6 is 18.2 Å². The number of nitrogens with one attached hydrogen (secondary N) is 1. The van der Waals surface area contributed by atoms with Crippen molar-refractivity contribution in [1.29, 1.82) is 0 Å². The molecular weight excluding hydrogens is 762 g/mol. The van der Waals surface area contributed by atoms with E-state index in [0.29, 0.717) is 64.8 Å². The molecule has 0 aromatic carbocycles. The van der Waals surface area contributed by atoms with Gasteiger partial charge < -0.3 is 33.5 Å². The van der Waals surface area contributed by atoms with E-state index in [9.17, 15) is 9.36 Å². The van der Waals surface area contributed by atoms with Crippen LogP contribution < -0.4 is 5.32 Å². The normalized spacial score (nSPS) is 29.0. The van der Waals surface area contributed by atoms with Gasteiger partial charge in [-0.2, -0.15) is 0 Å². The number of carbonyl (C=O) groups is 1. The average molecular weight is 846 g/mol. The van der Waals surface area contributed by atoms with Crippen molar-refractivity contribution in [1.82, 2.24) is 5.32 Å². The lowest BCUT2D eigenvalue weighted by Crippen LogP contribution is -2.50. The molecule has 3 saturated carbocycles. The Hall–Kier alpha value is -0.650. The first-order valence-electron chi connectivity index (χ1n) is 22.8. The van der Waals surface area contributed by atoms with Crippen molar-refractivity contribution >= 4 is 24.3 Å².